The number of nitrogens with one attached hydrogen (secondary N) is 2. The highest BCUT2D eigenvalue weighted by Crippen LogP contribution is 2.17. The lowest BCUT2D eigenvalue weighted by molar-refractivity contribution is -0.149. The molecule has 0 atom stereocenters. The third kappa shape index (κ3) is 4.93. The molecule has 0 bridgehead atoms. The van der Waals surface area contributed by atoms with Gasteiger partial charge in [-0.05, 0) is 30.2 Å². The van der Waals surface area contributed by atoms with Crippen LogP contribution >= 0.6 is 0 Å². The summed E-state index contributed by atoms with van der Waals surface area (Å²) in [5, 5.41) is 5.42. The van der Waals surface area contributed by atoms with Crippen molar-refractivity contribution in [2.45, 2.75) is 13.0 Å². The number of carbonyl (C=O) groups is 2. The summed E-state index contributed by atoms with van der Waals surface area (Å²) >= 11 is 0. The number of ether oxygens (including phenoxy) is 2. The maximum absolute atomic E-state index is 12.4. The summed E-state index contributed by atoms with van der Waals surface area (Å²) < 4.78 is 11.0. The van der Waals surface area contributed by atoms with Gasteiger partial charge in [0.25, 0.3) is 17.0 Å². The fraction of sp³-hybridized carbons (Fsp3) is 0.238. The van der Waals surface area contributed by atoms with Crippen LogP contribution in [0.3, 0.4) is 0 Å². The van der Waals surface area contributed by atoms with Crippen molar-refractivity contribution in [3.05, 3.63) is 74.8 Å². The largest absolute Gasteiger partial charge is 0.496 e. The van der Waals surface area contributed by atoms with Crippen molar-refractivity contribution in [2.24, 2.45) is 0 Å². The van der Waals surface area contributed by atoms with Gasteiger partial charge in [-0.2, -0.15) is 0 Å². The fourth-order valence-electron chi connectivity index (χ4n) is 2.98. The Hall–Kier alpha value is -3.88. The van der Waals surface area contributed by atoms with Crippen molar-refractivity contribution in [3.8, 4) is 5.75 Å². The molecule has 3 rings (SSSR count). The molecule has 0 saturated carbocycles. The molecule has 3 aromatic rings. The number of fused-ring (bicyclic) bond motifs is 1. The van der Waals surface area contributed by atoms with Gasteiger partial charge >= 0.3 is 5.97 Å². The summed E-state index contributed by atoms with van der Waals surface area (Å²) in [5.41, 5.74) is -0.0765. The predicted octanol–water partition coefficient (Wildman–Crippen LogP) is 0.600. The number of H-pyrrole nitrogens is 1. The molecule has 30 heavy (non-hydrogen) atoms. The molecule has 0 aliphatic heterocycles. The number of esters is 1. The van der Waals surface area contributed by atoms with Crippen LogP contribution in [0.25, 0.3) is 10.8 Å². The quantitative estimate of drug-likeness (QED) is 0.524. The summed E-state index contributed by atoms with van der Waals surface area (Å²) in [7, 11) is 1.57. The molecule has 0 radical (unpaired) electrons. The van der Waals surface area contributed by atoms with Gasteiger partial charge in [-0.15, -0.1) is 0 Å². The summed E-state index contributed by atoms with van der Waals surface area (Å²) in [6, 6.07) is 13.8. The molecule has 1 heterocycles. The molecule has 1 amide bonds. The maximum Gasteiger partial charge on any atom is 0.328 e. The van der Waals surface area contributed by atoms with Crippen molar-refractivity contribution in [1.29, 1.82) is 0 Å². The van der Waals surface area contributed by atoms with E-state index in [1.54, 1.807) is 19.2 Å². The number of carbonyl (C=O) groups excluding carboxylic acids is 2. The number of aromatic nitrogens is 2. The van der Waals surface area contributed by atoms with E-state index in [0.29, 0.717) is 13.0 Å². The Balaban J connectivity index is 1.51. The monoisotopic (exact) mass is 411 g/mol. The lowest BCUT2D eigenvalue weighted by atomic mass is 10.1. The molecule has 2 N–H and O–H groups in total. The minimum Gasteiger partial charge on any atom is -0.496 e. The van der Waals surface area contributed by atoms with Gasteiger partial charge in [0, 0.05) is 6.54 Å². The lowest BCUT2D eigenvalue weighted by Crippen LogP contribution is -2.35. The van der Waals surface area contributed by atoms with E-state index < -0.39 is 36.1 Å². The Bertz CT molecular complexity index is 1180. The number of benzene rings is 2. The Labute approximate surface area is 171 Å². The van der Waals surface area contributed by atoms with Crippen molar-refractivity contribution in [2.75, 3.05) is 20.3 Å². The van der Waals surface area contributed by atoms with Crippen LogP contribution in [-0.2, 0) is 27.3 Å². The molecular weight excluding hydrogens is 390 g/mol. The van der Waals surface area contributed by atoms with Crippen LogP contribution in [0.4, 0.5) is 0 Å². The normalized spacial score (nSPS) is 10.6. The van der Waals surface area contributed by atoms with Crippen molar-refractivity contribution < 1.29 is 19.1 Å². The minimum absolute atomic E-state index is 0.197. The number of aromatic amines is 1. The maximum atomic E-state index is 12.4. The fourth-order valence-corrected chi connectivity index (χ4v) is 2.98. The average Bonchev–Trinajstić information content (AvgIpc) is 2.76. The zero-order valence-electron chi connectivity index (χ0n) is 16.3. The molecule has 156 valence electrons. The van der Waals surface area contributed by atoms with E-state index in [2.05, 4.69) is 10.4 Å². The third-order valence-corrected chi connectivity index (χ3v) is 4.44. The zero-order chi connectivity index (χ0) is 21.5. The number of nitrogens with zero attached hydrogens (tertiary/aromatic N) is 1. The first-order valence-electron chi connectivity index (χ1n) is 9.25. The van der Waals surface area contributed by atoms with Gasteiger partial charge in [0.05, 0.1) is 17.9 Å². The number of rotatable bonds is 8. The van der Waals surface area contributed by atoms with Crippen LogP contribution in [0, 0.1) is 0 Å². The summed E-state index contributed by atoms with van der Waals surface area (Å²) in [6.07, 6.45) is 0.553. The van der Waals surface area contributed by atoms with Crippen LogP contribution < -0.4 is 21.2 Å². The summed E-state index contributed by atoms with van der Waals surface area (Å²) in [4.78, 5) is 48.3. The van der Waals surface area contributed by atoms with E-state index in [9.17, 15) is 19.2 Å². The molecule has 2 aromatic carbocycles. The second kappa shape index (κ2) is 9.55. The molecule has 0 fully saturated rings. The van der Waals surface area contributed by atoms with Crippen LogP contribution in [-0.4, -0.2) is 41.9 Å². The van der Waals surface area contributed by atoms with Crippen molar-refractivity contribution in [1.82, 2.24) is 15.1 Å². The van der Waals surface area contributed by atoms with Crippen LogP contribution in [0.15, 0.2) is 58.1 Å². The molecule has 9 nitrogen and oxygen atoms in total. The smallest absolute Gasteiger partial charge is 0.328 e. The Morgan fingerprint density at radius 3 is 2.50 bits per heavy atom. The van der Waals surface area contributed by atoms with E-state index in [-0.39, 0.29) is 10.8 Å². The molecule has 0 spiro atoms. The van der Waals surface area contributed by atoms with Gasteiger partial charge in [-0.3, -0.25) is 24.3 Å². The van der Waals surface area contributed by atoms with Gasteiger partial charge in [-0.1, -0.05) is 30.3 Å². The molecule has 0 unspecified atom stereocenters. The average molecular weight is 411 g/mol. The van der Waals surface area contributed by atoms with E-state index >= 15 is 0 Å². The Morgan fingerprint density at radius 1 is 1.03 bits per heavy atom. The van der Waals surface area contributed by atoms with Crippen molar-refractivity contribution in [3.63, 3.8) is 0 Å². The number of hydrogen-bond acceptors (Lipinski definition) is 6. The van der Waals surface area contributed by atoms with E-state index in [0.717, 1.165) is 16.0 Å². The summed E-state index contributed by atoms with van der Waals surface area (Å²) in [6.45, 7) is -0.654. The highest BCUT2D eigenvalue weighted by atomic mass is 16.5. The van der Waals surface area contributed by atoms with Crippen LogP contribution in [0.5, 0.6) is 5.75 Å². The van der Waals surface area contributed by atoms with Crippen LogP contribution in [0.1, 0.15) is 5.56 Å². The topological polar surface area (TPSA) is 119 Å². The van der Waals surface area contributed by atoms with Gasteiger partial charge < -0.3 is 14.8 Å². The Kier molecular flexibility index (Phi) is 6.63. The van der Waals surface area contributed by atoms with Gasteiger partial charge in [0.1, 0.15) is 12.3 Å². The molecule has 1 aromatic heterocycles. The Morgan fingerprint density at radius 2 is 1.73 bits per heavy atom. The highest BCUT2D eigenvalue weighted by Gasteiger charge is 2.12. The third-order valence-electron chi connectivity index (χ3n) is 4.44. The molecule has 0 aliphatic rings. The SMILES string of the molecule is COc1ccccc1CCNC(=O)COC(=O)Cn1[nH]c(=O)c2ccccc2c1=O. The highest BCUT2D eigenvalue weighted by molar-refractivity contribution is 5.81. The predicted molar refractivity (Wildman–Crippen MR) is 109 cm³/mol. The molecule has 9 heteroatoms. The van der Waals surface area contributed by atoms with E-state index in [1.165, 1.54) is 12.1 Å². The number of hydrogen-bond donors (Lipinski definition) is 2. The molecule has 0 saturated heterocycles. The van der Waals surface area contributed by atoms with Gasteiger partial charge in [0.2, 0.25) is 0 Å². The zero-order valence-corrected chi connectivity index (χ0v) is 16.3. The van der Waals surface area contributed by atoms with Crippen LogP contribution in [0.2, 0.25) is 0 Å². The summed E-state index contributed by atoms with van der Waals surface area (Å²) in [5.74, 6) is -0.562. The van der Waals surface area contributed by atoms with E-state index in [1.807, 2.05) is 24.3 Å². The van der Waals surface area contributed by atoms with Gasteiger partial charge in [-0.25, -0.2) is 4.68 Å². The van der Waals surface area contributed by atoms with Crippen molar-refractivity contribution >= 4 is 22.6 Å². The first-order valence-corrected chi connectivity index (χ1v) is 9.25. The standard InChI is InChI=1S/C21H21N3O6/c1-29-17-9-5-2-6-14(17)10-11-22-18(25)13-30-19(26)12-24-21(28)16-8-4-3-7-15(16)20(27)23-24/h2-9H,10-13H2,1H3,(H,22,25)(H,23,27). The first kappa shape index (κ1) is 20.8. The second-order valence-electron chi connectivity index (χ2n) is 6.45. The molecular formula is C21H21N3O6. The number of para-hydroxylation sites is 1. The van der Waals surface area contributed by atoms with Gasteiger partial charge in [0.15, 0.2) is 6.61 Å². The second-order valence-corrected chi connectivity index (χ2v) is 6.45. The molecule has 0 aliphatic carbocycles. The number of amides is 1. The van der Waals surface area contributed by atoms with E-state index in [4.69, 9.17) is 9.47 Å². The minimum atomic E-state index is -0.817. The first-order chi connectivity index (χ1) is 14.5. The lowest BCUT2D eigenvalue weighted by Gasteiger charge is -2.10. The number of methoxy groups -OCH3 is 1.